The summed E-state index contributed by atoms with van der Waals surface area (Å²) in [5.41, 5.74) is 7.56. The predicted molar refractivity (Wildman–Crippen MR) is 59.6 cm³/mol. The Morgan fingerprint density at radius 3 is 2.87 bits per heavy atom. The van der Waals surface area contributed by atoms with Crippen molar-refractivity contribution >= 4 is 5.69 Å². The van der Waals surface area contributed by atoms with Gasteiger partial charge < -0.3 is 10.5 Å². The van der Waals surface area contributed by atoms with E-state index < -0.39 is 0 Å². The van der Waals surface area contributed by atoms with Crippen LogP contribution in [0.15, 0.2) is 6.20 Å². The van der Waals surface area contributed by atoms with E-state index in [1.54, 1.807) is 6.20 Å². The third-order valence-corrected chi connectivity index (χ3v) is 3.07. The molecule has 1 aliphatic rings. The molecule has 2 heterocycles. The molecule has 1 saturated heterocycles. The van der Waals surface area contributed by atoms with Gasteiger partial charge in [0.05, 0.1) is 35.8 Å². The lowest BCUT2D eigenvalue weighted by atomic mass is 10.1. The number of ether oxygens (including phenoxy) is 1. The molecule has 84 valence electrons. The van der Waals surface area contributed by atoms with E-state index in [0.29, 0.717) is 0 Å². The fourth-order valence-electron chi connectivity index (χ4n) is 2.04. The van der Waals surface area contributed by atoms with Crippen molar-refractivity contribution in [3.63, 3.8) is 0 Å². The van der Waals surface area contributed by atoms with E-state index >= 15 is 0 Å². The Bertz CT molecular complexity index is 357. The van der Waals surface area contributed by atoms with Crippen LogP contribution < -0.4 is 5.73 Å². The van der Waals surface area contributed by atoms with E-state index in [1.165, 1.54) is 0 Å². The quantitative estimate of drug-likeness (QED) is 0.807. The van der Waals surface area contributed by atoms with Gasteiger partial charge in [0.25, 0.3) is 0 Å². The Balaban J connectivity index is 2.02. The second-order valence-corrected chi connectivity index (χ2v) is 4.91. The molecule has 2 N–H and O–H groups in total. The number of rotatable bonds is 2. The Kier molecular flexibility index (Phi) is 2.46. The van der Waals surface area contributed by atoms with E-state index in [4.69, 9.17) is 10.5 Å². The highest BCUT2D eigenvalue weighted by atomic mass is 16.5. The molecular weight excluding hydrogens is 190 g/mol. The standard InChI is InChI=1S/C11H19N3O/c1-8-10(12)6-13-14(8)7-9-4-5-11(2,3)15-9/h6,9H,4-5,7,12H2,1-3H3. The lowest BCUT2D eigenvalue weighted by Crippen LogP contribution is -2.23. The largest absolute Gasteiger partial charge is 0.396 e. The Hall–Kier alpha value is -1.03. The van der Waals surface area contributed by atoms with Gasteiger partial charge in [0, 0.05) is 0 Å². The summed E-state index contributed by atoms with van der Waals surface area (Å²) in [6.45, 7) is 7.07. The highest BCUT2D eigenvalue weighted by Gasteiger charge is 2.32. The van der Waals surface area contributed by atoms with Gasteiger partial charge in [-0.1, -0.05) is 0 Å². The summed E-state index contributed by atoms with van der Waals surface area (Å²) >= 11 is 0. The molecular formula is C11H19N3O. The van der Waals surface area contributed by atoms with Crippen molar-refractivity contribution in [3.05, 3.63) is 11.9 Å². The second kappa shape index (κ2) is 3.52. The van der Waals surface area contributed by atoms with Crippen molar-refractivity contribution in [2.24, 2.45) is 0 Å². The van der Waals surface area contributed by atoms with Crippen LogP contribution >= 0.6 is 0 Å². The molecule has 1 unspecified atom stereocenters. The van der Waals surface area contributed by atoms with E-state index in [9.17, 15) is 0 Å². The predicted octanol–water partition coefficient (Wildman–Crippen LogP) is 1.73. The molecule has 1 fully saturated rings. The summed E-state index contributed by atoms with van der Waals surface area (Å²) in [7, 11) is 0. The molecule has 1 atom stereocenters. The van der Waals surface area contributed by atoms with Gasteiger partial charge in [-0.3, -0.25) is 4.68 Å². The van der Waals surface area contributed by atoms with Crippen LogP contribution in [0.2, 0.25) is 0 Å². The molecule has 0 radical (unpaired) electrons. The molecule has 0 bridgehead atoms. The molecule has 4 heteroatoms. The summed E-state index contributed by atoms with van der Waals surface area (Å²) in [4.78, 5) is 0. The van der Waals surface area contributed by atoms with Crippen LogP contribution in [0.25, 0.3) is 0 Å². The number of hydrogen-bond acceptors (Lipinski definition) is 3. The maximum absolute atomic E-state index is 5.92. The molecule has 0 aromatic carbocycles. The Morgan fingerprint density at radius 2 is 2.40 bits per heavy atom. The highest BCUT2D eigenvalue weighted by Crippen LogP contribution is 2.30. The fraction of sp³-hybridized carbons (Fsp3) is 0.727. The zero-order valence-corrected chi connectivity index (χ0v) is 9.66. The molecule has 0 spiro atoms. The molecule has 4 nitrogen and oxygen atoms in total. The first kappa shape index (κ1) is 10.5. The first-order valence-corrected chi connectivity index (χ1v) is 5.44. The SMILES string of the molecule is Cc1c(N)cnn1CC1CCC(C)(C)O1. The van der Waals surface area contributed by atoms with E-state index in [2.05, 4.69) is 18.9 Å². The van der Waals surface area contributed by atoms with Gasteiger partial charge in [0.15, 0.2) is 0 Å². The molecule has 2 rings (SSSR count). The average molecular weight is 209 g/mol. The first-order chi connectivity index (χ1) is 6.98. The topological polar surface area (TPSA) is 53.1 Å². The molecule has 1 aliphatic heterocycles. The fourth-order valence-corrected chi connectivity index (χ4v) is 2.04. The molecule has 0 saturated carbocycles. The third-order valence-electron chi connectivity index (χ3n) is 3.07. The minimum Gasteiger partial charge on any atom is -0.396 e. The van der Waals surface area contributed by atoms with Gasteiger partial charge in [0.1, 0.15) is 0 Å². The van der Waals surface area contributed by atoms with Crippen LogP contribution in [0.4, 0.5) is 5.69 Å². The number of hydrogen-bond donors (Lipinski definition) is 1. The first-order valence-electron chi connectivity index (χ1n) is 5.44. The van der Waals surface area contributed by atoms with Gasteiger partial charge in [-0.2, -0.15) is 5.10 Å². The smallest absolute Gasteiger partial charge is 0.0779 e. The van der Waals surface area contributed by atoms with Crippen LogP contribution in [0, 0.1) is 6.92 Å². The number of nitrogens with zero attached hydrogens (tertiary/aromatic N) is 2. The number of anilines is 1. The minimum absolute atomic E-state index is 0.0251. The van der Waals surface area contributed by atoms with Crippen molar-refractivity contribution in [3.8, 4) is 0 Å². The van der Waals surface area contributed by atoms with Gasteiger partial charge in [-0.05, 0) is 33.6 Å². The molecule has 0 aliphatic carbocycles. The van der Waals surface area contributed by atoms with Gasteiger partial charge in [-0.25, -0.2) is 0 Å². The van der Waals surface area contributed by atoms with E-state index in [0.717, 1.165) is 30.8 Å². The highest BCUT2D eigenvalue weighted by molar-refractivity contribution is 5.39. The number of aromatic nitrogens is 2. The maximum Gasteiger partial charge on any atom is 0.0779 e. The maximum atomic E-state index is 5.92. The van der Waals surface area contributed by atoms with E-state index in [1.807, 2.05) is 11.6 Å². The zero-order valence-electron chi connectivity index (χ0n) is 9.66. The Morgan fingerprint density at radius 1 is 1.67 bits per heavy atom. The van der Waals surface area contributed by atoms with E-state index in [-0.39, 0.29) is 11.7 Å². The van der Waals surface area contributed by atoms with Crippen molar-refractivity contribution in [1.82, 2.24) is 9.78 Å². The van der Waals surface area contributed by atoms with Crippen molar-refractivity contribution in [2.75, 3.05) is 5.73 Å². The van der Waals surface area contributed by atoms with Crippen molar-refractivity contribution in [1.29, 1.82) is 0 Å². The average Bonchev–Trinajstić information content (AvgIpc) is 2.63. The summed E-state index contributed by atoms with van der Waals surface area (Å²) in [5, 5.41) is 4.24. The third kappa shape index (κ3) is 2.15. The van der Waals surface area contributed by atoms with Crippen molar-refractivity contribution in [2.45, 2.75) is 51.9 Å². The summed E-state index contributed by atoms with van der Waals surface area (Å²) in [5.74, 6) is 0. The van der Waals surface area contributed by atoms with Crippen LogP contribution in [0.1, 0.15) is 32.4 Å². The van der Waals surface area contributed by atoms with Crippen molar-refractivity contribution < 1.29 is 4.74 Å². The van der Waals surface area contributed by atoms with Gasteiger partial charge in [0.2, 0.25) is 0 Å². The van der Waals surface area contributed by atoms with Crippen LogP contribution in [-0.4, -0.2) is 21.5 Å². The van der Waals surface area contributed by atoms with Gasteiger partial charge >= 0.3 is 0 Å². The summed E-state index contributed by atoms with van der Waals surface area (Å²) in [6.07, 6.45) is 4.20. The zero-order chi connectivity index (χ0) is 11.1. The molecule has 1 aromatic rings. The Labute approximate surface area is 90.4 Å². The van der Waals surface area contributed by atoms with Crippen LogP contribution in [0.5, 0.6) is 0 Å². The molecule has 1 aromatic heterocycles. The van der Waals surface area contributed by atoms with Gasteiger partial charge in [-0.15, -0.1) is 0 Å². The normalized spacial score (nSPS) is 24.6. The number of nitrogens with two attached hydrogens (primary N) is 1. The number of nitrogen functional groups attached to an aromatic ring is 1. The monoisotopic (exact) mass is 209 g/mol. The second-order valence-electron chi connectivity index (χ2n) is 4.91. The van der Waals surface area contributed by atoms with Crippen LogP contribution in [0.3, 0.4) is 0 Å². The lowest BCUT2D eigenvalue weighted by Gasteiger charge is -2.19. The van der Waals surface area contributed by atoms with Crippen LogP contribution in [-0.2, 0) is 11.3 Å². The summed E-state index contributed by atoms with van der Waals surface area (Å²) in [6, 6.07) is 0. The summed E-state index contributed by atoms with van der Waals surface area (Å²) < 4.78 is 7.85. The molecule has 15 heavy (non-hydrogen) atoms. The lowest BCUT2D eigenvalue weighted by molar-refractivity contribution is -0.0231. The molecule has 0 amide bonds. The minimum atomic E-state index is 0.0251.